The van der Waals surface area contributed by atoms with Gasteiger partial charge in [-0.1, -0.05) is 36.4 Å². The predicted molar refractivity (Wildman–Crippen MR) is 108 cm³/mol. The topological polar surface area (TPSA) is 148 Å². The maximum atomic E-state index is 12.9. The third-order valence-corrected chi connectivity index (χ3v) is 6.15. The number of hydrogen-bond acceptors (Lipinski definition) is 6. The minimum atomic E-state index is -3.93. The number of nitrogens with zero attached hydrogens (tertiary/aromatic N) is 2. The Morgan fingerprint density at radius 3 is 2.55 bits per heavy atom. The van der Waals surface area contributed by atoms with Gasteiger partial charge in [0.25, 0.3) is 11.8 Å². The quantitative estimate of drug-likeness (QED) is 0.431. The van der Waals surface area contributed by atoms with Crippen molar-refractivity contribution in [3.63, 3.8) is 0 Å². The fraction of sp³-hybridized carbons (Fsp3) is 0.200. The van der Waals surface area contributed by atoms with Crippen LogP contribution in [0.3, 0.4) is 0 Å². The van der Waals surface area contributed by atoms with Gasteiger partial charge in [0.05, 0.1) is 11.0 Å². The van der Waals surface area contributed by atoms with E-state index >= 15 is 0 Å². The number of hydrogen-bond donors (Lipinski definition) is 3. The van der Waals surface area contributed by atoms with E-state index in [1.807, 2.05) is 6.07 Å². The van der Waals surface area contributed by atoms with Gasteiger partial charge in [0.1, 0.15) is 5.54 Å². The molecule has 2 aromatic carbocycles. The molecule has 3 N–H and O–H groups in total. The molecule has 160 valence electrons. The Balaban J connectivity index is 1.79. The van der Waals surface area contributed by atoms with Gasteiger partial charge in [-0.25, -0.2) is 17.9 Å². The summed E-state index contributed by atoms with van der Waals surface area (Å²) in [4.78, 5) is 37.7. The van der Waals surface area contributed by atoms with Crippen molar-refractivity contribution in [2.75, 3.05) is 6.54 Å². The summed E-state index contributed by atoms with van der Waals surface area (Å²) in [5.41, 5.74) is 1.34. The summed E-state index contributed by atoms with van der Waals surface area (Å²) in [5, 5.41) is 11.7. The standard InChI is InChI=1S/C20H19N5O5S/c1-20(15-8-3-2-4-9-15)18(27)25(19(28)23-20)24-17(26)14-7-5-10-16(13-14)31(29,30)22-12-6-11-21/h2-5,7-10,13,22H,6,12H2,1H3,(H,23,28)(H,24,26)/t20-/m0/s1. The van der Waals surface area contributed by atoms with Crippen LogP contribution in [-0.4, -0.2) is 37.8 Å². The van der Waals surface area contributed by atoms with E-state index in [0.29, 0.717) is 10.6 Å². The van der Waals surface area contributed by atoms with Crippen LogP contribution in [0.4, 0.5) is 4.79 Å². The molecule has 3 rings (SSSR count). The number of amides is 4. The van der Waals surface area contributed by atoms with Crippen molar-refractivity contribution >= 4 is 27.9 Å². The van der Waals surface area contributed by atoms with Crippen molar-refractivity contribution in [1.29, 1.82) is 5.26 Å². The number of benzene rings is 2. The van der Waals surface area contributed by atoms with Crippen molar-refractivity contribution in [2.24, 2.45) is 0 Å². The van der Waals surface area contributed by atoms with Crippen LogP contribution in [-0.2, 0) is 20.4 Å². The zero-order chi connectivity index (χ0) is 22.6. The zero-order valence-electron chi connectivity index (χ0n) is 16.5. The van der Waals surface area contributed by atoms with Crippen LogP contribution in [0.2, 0.25) is 0 Å². The normalized spacial score (nSPS) is 18.4. The second kappa shape index (κ2) is 8.55. The Hall–Kier alpha value is -3.75. The van der Waals surface area contributed by atoms with Crippen LogP contribution < -0.4 is 15.5 Å². The minimum Gasteiger partial charge on any atom is -0.318 e. The van der Waals surface area contributed by atoms with Gasteiger partial charge in [0.15, 0.2) is 0 Å². The lowest BCUT2D eigenvalue weighted by Gasteiger charge is -2.22. The van der Waals surface area contributed by atoms with Gasteiger partial charge in [0.2, 0.25) is 10.0 Å². The number of carbonyl (C=O) groups excluding carboxylic acids is 3. The van der Waals surface area contributed by atoms with E-state index in [-0.39, 0.29) is 23.4 Å². The molecule has 0 saturated carbocycles. The third-order valence-electron chi connectivity index (χ3n) is 4.69. The molecule has 10 nitrogen and oxygen atoms in total. The molecule has 1 aliphatic heterocycles. The average molecular weight is 441 g/mol. The first-order valence-electron chi connectivity index (χ1n) is 9.19. The molecular weight excluding hydrogens is 422 g/mol. The monoisotopic (exact) mass is 441 g/mol. The number of rotatable bonds is 7. The lowest BCUT2D eigenvalue weighted by atomic mass is 9.92. The van der Waals surface area contributed by atoms with Crippen molar-refractivity contribution < 1.29 is 22.8 Å². The molecule has 0 aliphatic carbocycles. The number of carbonyl (C=O) groups is 3. The highest BCUT2D eigenvalue weighted by Crippen LogP contribution is 2.27. The van der Waals surface area contributed by atoms with Gasteiger partial charge < -0.3 is 5.32 Å². The van der Waals surface area contributed by atoms with E-state index in [2.05, 4.69) is 15.5 Å². The summed E-state index contributed by atoms with van der Waals surface area (Å²) < 4.78 is 26.8. The Morgan fingerprint density at radius 1 is 1.16 bits per heavy atom. The number of sulfonamides is 1. The van der Waals surface area contributed by atoms with Crippen LogP contribution in [0.15, 0.2) is 59.5 Å². The Kier molecular flexibility index (Phi) is 6.05. The van der Waals surface area contributed by atoms with Crippen molar-refractivity contribution in [1.82, 2.24) is 20.5 Å². The molecule has 1 heterocycles. The second-order valence-electron chi connectivity index (χ2n) is 6.84. The SMILES string of the molecule is C[C@@]1(c2ccccc2)NC(=O)N(NC(=O)c2cccc(S(=O)(=O)NCCC#N)c2)C1=O. The number of nitrogens with one attached hydrogen (secondary N) is 3. The fourth-order valence-corrected chi connectivity index (χ4v) is 4.08. The highest BCUT2D eigenvalue weighted by atomic mass is 32.2. The summed E-state index contributed by atoms with van der Waals surface area (Å²) in [6.45, 7) is 1.45. The van der Waals surface area contributed by atoms with Gasteiger partial charge in [-0.05, 0) is 30.7 Å². The molecule has 4 amide bonds. The molecule has 0 spiro atoms. The van der Waals surface area contributed by atoms with Crippen molar-refractivity contribution in [3.8, 4) is 6.07 Å². The first-order valence-corrected chi connectivity index (χ1v) is 10.7. The van der Waals surface area contributed by atoms with Gasteiger partial charge >= 0.3 is 6.03 Å². The minimum absolute atomic E-state index is 0.00816. The lowest BCUT2D eigenvalue weighted by Crippen LogP contribution is -2.47. The Morgan fingerprint density at radius 2 is 1.87 bits per heavy atom. The molecule has 1 fully saturated rings. The van der Waals surface area contributed by atoms with Crippen LogP contribution in [0.1, 0.15) is 29.3 Å². The number of imide groups is 1. The van der Waals surface area contributed by atoms with E-state index < -0.39 is 33.4 Å². The van der Waals surface area contributed by atoms with E-state index in [1.165, 1.54) is 25.1 Å². The van der Waals surface area contributed by atoms with Gasteiger partial charge in [-0.2, -0.15) is 10.3 Å². The van der Waals surface area contributed by atoms with Crippen molar-refractivity contribution in [2.45, 2.75) is 23.8 Å². The summed E-state index contributed by atoms with van der Waals surface area (Å²) in [5.74, 6) is -1.52. The molecule has 1 aliphatic rings. The molecular formula is C20H19N5O5S. The molecule has 1 saturated heterocycles. The molecule has 2 aromatic rings. The Bertz CT molecular complexity index is 1180. The van der Waals surface area contributed by atoms with Crippen LogP contribution >= 0.6 is 0 Å². The molecule has 0 radical (unpaired) electrons. The second-order valence-corrected chi connectivity index (χ2v) is 8.60. The molecule has 0 unspecified atom stereocenters. The van der Waals surface area contributed by atoms with E-state index in [0.717, 1.165) is 6.07 Å². The Labute approximate surface area is 178 Å². The van der Waals surface area contributed by atoms with E-state index in [9.17, 15) is 22.8 Å². The zero-order valence-corrected chi connectivity index (χ0v) is 17.3. The van der Waals surface area contributed by atoms with E-state index in [4.69, 9.17) is 5.26 Å². The smallest absolute Gasteiger partial charge is 0.318 e. The summed E-state index contributed by atoms with van der Waals surface area (Å²) in [6.07, 6.45) is -0.00816. The summed E-state index contributed by atoms with van der Waals surface area (Å²) in [7, 11) is -3.93. The molecule has 0 bridgehead atoms. The van der Waals surface area contributed by atoms with Gasteiger partial charge in [0, 0.05) is 18.5 Å². The van der Waals surface area contributed by atoms with Crippen LogP contribution in [0.5, 0.6) is 0 Å². The maximum Gasteiger partial charge on any atom is 0.344 e. The van der Waals surface area contributed by atoms with Gasteiger partial charge in [-0.3, -0.25) is 15.0 Å². The lowest BCUT2D eigenvalue weighted by molar-refractivity contribution is -0.132. The highest BCUT2D eigenvalue weighted by molar-refractivity contribution is 7.89. The maximum absolute atomic E-state index is 12.9. The molecule has 0 aromatic heterocycles. The number of urea groups is 1. The largest absolute Gasteiger partial charge is 0.344 e. The molecule has 1 atom stereocenters. The summed E-state index contributed by atoms with van der Waals surface area (Å²) >= 11 is 0. The summed E-state index contributed by atoms with van der Waals surface area (Å²) in [6, 6.07) is 14.7. The van der Waals surface area contributed by atoms with E-state index in [1.54, 1.807) is 30.3 Å². The molecule has 11 heteroatoms. The first-order chi connectivity index (χ1) is 14.7. The predicted octanol–water partition coefficient (Wildman–Crippen LogP) is 0.991. The highest BCUT2D eigenvalue weighted by Gasteiger charge is 2.50. The van der Waals surface area contributed by atoms with Crippen LogP contribution in [0, 0.1) is 11.3 Å². The van der Waals surface area contributed by atoms with Crippen molar-refractivity contribution in [3.05, 3.63) is 65.7 Å². The first kappa shape index (κ1) is 21.9. The third kappa shape index (κ3) is 4.40. The number of hydrazine groups is 1. The average Bonchev–Trinajstić information content (AvgIpc) is 2.98. The molecule has 31 heavy (non-hydrogen) atoms. The fourth-order valence-electron chi connectivity index (χ4n) is 3.00. The van der Waals surface area contributed by atoms with Gasteiger partial charge in [-0.15, -0.1) is 0 Å². The van der Waals surface area contributed by atoms with Crippen LogP contribution in [0.25, 0.3) is 0 Å². The number of nitriles is 1.